The topological polar surface area (TPSA) is 68.5 Å². The van der Waals surface area contributed by atoms with Gasteiger partial charge >= 0.3 is 12.5 Å². The number of aromatic nitrogens is 2. The van der Waals surface area contributed by atoms with Gasteiger partial charge in [0.15, 0.2) is 17.2 Å². The molecule has 2 N–H and O–H groups in total. The zero-order valence-corrected chi connectivity index (χ0v) is 17.3. The highest BCUT2D eigenvalue weighted by Gasteiger charge is 2.43. The molecule has 1 atom stereocenters. The number of nitrogens with zero attached hydrogens (tertiary/aromatic N) is 2. The van der Waals surface area contributed by atoms with E-state index in [1.165, 1.54) is 30.3 Å². The summed E-state index contributed by atoms with van der Waals surface area (Å²) in [6.45, 7) is -0.00374. The Labute approximate surface area is 188 Å². The van der Waals surface area contributed by atoms with E-state index in [0.717, 1.165) is 10.7 Å². The Balaban J connectivity index is 1.44. The van der Waals surface area contributed by atoms with E-state index in [2.05, 4.69) is 19.9 Å². The number of hydrogen-bond donors (Lipinski definition) is 2. The molecule has 2 heterocycles. The molecule has 0 fully saturated rings. The van der Waals surface area contributed by atoms with Crippen molar-refractivity contribution in [1.29, 1.82) is 0 Å². The van der Waals surface area contributed by atoms with E-state index in [-0.39, 0.29) is 53.5 Å². The molecule has 34 heavy (non-hydrogen) atoms. The van der Waals surface area contributed by atoms with Crippen LogP contribution in [-0.2, 0) is 19.1 Å². The molecule has 180 valence electrons. The summed E-state index contributed by atoms with van der Waals surface area (Å²) in [6, 6.07) is 7.67. The van der Waals surface area contributed by atoms with Gasteiger partial charge in [0.1, 0.15) is 5.82 Å². The number of hydrogen-bond acceptors (Lipinski definition) is 5. The van der Waals surface area contributed by atoms with E-state index in [1.54, 1.807) is 0 Å². The molecule has 0 radical (unpaired) electrons. The van der Waals surface area contributed by atoms with Gasteiger partial charge in [-0.25, -0.2) is 9.07 Å². The number of halogens is 6. The summed E-state index contributed by atoms with van der Waals surface area (Å²) in [4.78, 5) is 0. The highest BCUT2D eigenvalue weighted by molar-refractivity contribution is 5.54. The van der Waals surface area contributed by atoms with E-state index in [4.69, 9.17) is 0 Å². The summed E-state index contributed by atoms with van der Waals surface area (Å²) < 4.78 is 91.2. The molecule has 0 bridgehead atoms. The Kier molecular flexibility index (Phi) is 5.15. The second kappa shape index (κ2) is 7.83. The lowest BCUT2D eigenvalue weighted by Crippen LogP contribution is -2.25. The number of ether oxygens (including phenoxy) is 2. The molecule has 6 nitrogen and oxygen atoms in total. The second-order valence-electron chi connectivity index (χ2n) is 8.00. The molecular formula is C22H17F6N3O3. The predicted molar refractivity (Wildman–Crippen MR) is 106 cm³/mol. The van der Waals surface area contributed by atoms with Gasteiger partial charge in [0.25, 0.3) is 0 Å². The summed E-state index contributed by atoms with van der Waals surface area (Å²) in [5, 5.41) is 16.9. The van der Waals surface area contributed by atoms with Crippen molar-refractivity contribution in [1.82, 2.24) is 9.78 Å². The van der Waals surface area contributed by atoms with Crippen LogP contribution in [0.4, 0.5) is 32.0 Å². The van der Waals surface area contributed by atoms with Crippen LogP contribution in [0.1, 0.15) is 41.5 Å². The molecule has 1 unspecified atom stereocenters. The Hall–Kier alpha value is -3.41. The lowest BCUT2D eigenvalue weighted by Gasteiger charge is -2.20. The minimum Gasteiger partial charge on any atom is -0.395 e. The molecule has 0 saturated carbocycles. The molecule has 5 rings (SSSR count). The maximum atomic E-state index is 14.5. The Morgan fingerprint density at radius 3 is 2.65 bits per heavy atom. The number of benzene rings is 2. The standard InChI is InChI=1S/C22H17F6N3O3/c23-14-6-5-12(31-19-13(2-1-3-16(19)32)20(30-31)21(24,25)26)9-15(14)29-10-11-4-7-17-18(8-11)34-22(27,28)33-17/h4-9,16,29,32H,1-3,10H2. The first-order valence-corrected chi connectivity index (χ1v) is 10.3. The van der Waals surface area contributed by atoms with E-state index in [0.29, 0.717) is 12.0 Å². The van der Waals surface area contributed by atoms with E-state index in [1.807, 2.05) is 0 Å². The zero-order chi connectivity index (χ0) is 24.3. The Bertz CT molecular complexity index is 1260. The van der Waals surface area contributed by atoms with Gasteiger partial charge in [-0.2, -0.15) is 18.3 Å². The van der Waals surface area contributed by atoms with Crippen molar-refractivity contribution in [2.75, 3.05) is 5.32 Å². The van der Waals surface area contributed by atoms with E-state index >= 15 is 0 Å². The molecule has 0 spiro atoms. The molecule has 2 aromatic carbocycles. The lowest BCUT2D eigenvalue weighted by molar-refractivity contribution is -0.286. The highest BCUT2D eigenvalue weighted by atomic mass is 19.4. The monoisotopic (exact) mass is 485 g/mol. The lowest BCUT2D eigenvalue weighted by atomic mass is 9.93. The fourth-order valence-electron chi connectivity index (χ4n) is 4.17. The minimum absolute atomic E-state index is 0.00374. The van der Waals surface area contributed by atoms with Gasteiger partial charge in [0.2, 0.25) is 0 Å². The van der Waals surface area contributed by atoms with Crippen molar-refractivity contribution in [3.8, 4) is 17.2 Å². The SMILES string of the molecule is OC1CCCc2c(C(F)(F)F)nn(-c3ccc(F)c(NCc4ccc5c(c4)OC(F)(F)O5)c3)c21. The summed E-state index contributed by atoms with van der Waals surface area (Å²) in [5.74, 6) is -0.992. The predicted octanol–water partition coefficient (Wildman–Crippen LogP) is 5.33. The van der Waals surface area contributed by atoms with Gasteiger partial charge in [0.05, 0.1) is 23.2 Å². The maximum absolute atomic E-state index is 14.5. The van der Waals surface area contributed by atoms with Crippen molar-refractivity contribution in [2.24, 2.45) is 0 Å². The van der Waals surface area contributed by atoms with Gasteiger partial charge in [-0.05, 0) is 55.2 Å². The molecule has 2 aliphatic rings. The number of fused-ring (bicyclic) bond motifs is 2. The third kappa shape index (κ3) is 4.02. The van der Waals surface area contributed by atoms with Crippen LogP contribution in [-0.4, -0.2) is 21.2 Å². The van der Waals surface area contributed by atoms with Crippen molar-refractivity contribution < 1.29 is 40.9 Å². The summed E-state index contributed by atoms with van der Waals surface area (Å²) in [7, 11) is 0. The molecule has 1 aromatic heterocycles. The van der Waals surface area contributed by atoms with Gasteiger partial charge in [-0.1, -0.05) is 6.07 Å². The first kappa shape index (κ1) is 22.4. The molecule has 12 heteroatoms. The number of nitrogens with one attached hydrogen (secondary N) is 1. The van der Waals surface area contributed by atoms with Gasteiger partial charge in [-0.15, -0.1) is 8.78 Å². The van der Waals surface area contributed by atoms with Crippen molar-refractivity contribution >= 4 is 5.69 Å². The Morgan fingerprint density at radius 2 is 1.88 bits per heavy atom. The van der Waals surface area contributed by atoms with Gasteiger partial charge in [-0.3, -0.25) is 0 Å². The highest BCUT2D eigenvalue weighted by Crippen LogP contribution is 2.42. The van der Waals surface area contributed by atoms with Crippen LogP contribution >= 0.6 is 0 Å². The molecular weight excluding hydrogens is 468 g/mol. The van der Waals surface area contributed by atoms with E-state index in [9.17, 15) is 31.4 Å². The van der Waals surface area contributed by atoms with E-state index < -0.39 is 30.1 Å². The van der Waals surface area contributed by atoms with Crippen LogP contribution in [0.2, 0.25) is 0 Å². The molecule has 0 amide bonds. The van der Waals surface area contributed by atoms with Crippen LogP contribution in [0.3, 0.4) is 0 Å². The number of aliphatic hydroxyl groups is 1. The normalized spacial score (nSPS) is 18.6. The molecule has 3 aromatic rings. The average molecular weight is 485 g/mol. The summed E-state index contributed by atoms with van der Waals surface area (Å²) >= 11 is 0. The Morgan fingerprint density at radius 1 is 1.12 bits per heavy atom. The zero-order valence-electron chi connectivity index (χ0n) is 17.3. The fraction of sp³-hybridized carbons (Fsp3) is 0.318. The smallest absolute Gasteiger partial charge is 0.395 e. The van der Waals surface area contributed by atoms with Crippen LogP contribution in [0, 0.1) is 5.82 Å². The molecule has 1 aliphatic carbocycles. The molecule has 1 aliphatic heterocycles. The first-order chi connectivity index (χ1) is 16.0. The third-order valence-corrected chi connectivity index (χ3v) is 5.65. The van der Waals surface area contributed by atoms with Gasteiger partial charge in [0, 0.05) is 12.1 Å². The van der Waals surface area contributed by atoms with Crippen LogP contribution in [0.25, 0.3) is 5.69 Å². The number of alkyl halides is 5. The summed E-state index contributed by atoms with van der Waals surface area (Å²) in [6.07, 6.45) is -8.81. The first-order valence-electron chi connectivity index (χ1n) is 10.3. The van der Waals surface area contributed by atoms with Crippen molar-refractivity contribution in [2.45, 2.75) is 44.4 Å². The molecule has 0 saturated heterocycles. The third-order valence-electron chi connectivity index (χ3n) is 5.65. The van der Waals surface area contributed by atoms with Crippen LogP contribution in [0.5, 0.6) is 11.5 Å². The maximum Gasteiger partial charge on any atom is 0.586 e. The van der Waals surface area contributed by atoms with Crippen molar-refractivity contribution in [3.05, 3.63) is 64.7 Å². The quantitative estimate of drug-likeness (QED) is 0.489. The average Bonchev–Trinajstić information content (AvgIpc) is 3.30. The minimum atomic E-state index is -4.70. The second-order valence-corrected chi connectivity index (χ2v) is 8.00. The number of anilines is 1. The fourth-order valence-corrected chi connectivity index (χ4v) is 4.17. The van der Waals surface area contributed by atoms with Gasteiger partial charge < -0.3 is 19.9 Å². The largest absolute Gasteiger partial charge is 0.586 e. The number of aliphatic hydroxyl groups excluding tert-OH is 1. The van der Waals surface area contributed by atoms with Crippen LogP contribution in [0.15, 0.2) is 36.4 Å². The summed E-state index contributed by atoms with van der Waals surface area (Å²) in [5.41, 5.74) is -0.561. The van der Waals surface area contributed by atoms with Crippen LogP contribution < -0.4 is 14.8 Å². The number of rotatable bonds is 4. The van der Waals surface area contributed by atoms with Crippen molar-refractivity contribution in [3.63, 3.8) is 0 Å².